The fraction of sp³-hybridized carbons (Fsp3) is 0.158. The number of aryl methyl sites for hydroxylation is 1. The van der Waals surface area contributed by atoms with E-state index in [-0.39, 0.29) is 0 Å². The molecule has 0 saturated carbocycles. The van der Waals surface area contributed by atoms with Crippen LogP contribution in [0.4, 0.5) is 17.2 Å². The predicted molar refractivity (Wildman–Crippen MR) is 103 cm³/mol. The molecule has 0 aliphatic rings. The number of nitrogens with two attached hydrogens (primary N) is 1. The Balaban J connectivity index is 1.77. The van der Waals surface area contributed by atoms with Gasteiger partial charge in [-0.15, -0.1) is 0 Å². The van der Waals surface area contributed by atoms with Crippen molar-refractivity contribution >= 4 is 29.0 Å². The molecular formula is C19H20N4OS. The third kappa shape index (κ3) is 4.42. The van der Waals surface area contributed by atoms with Crippen LogP contribution in [0.1, 0.15) is 12.5 Å². The molecule has 6 heteroatoms. The number of ether oxygens (including phenoxy) is 1. The Morgan fingerprint density at radius 2 is 1.76 bits per heavy atom. The Bertz CT molecular complexity index is 835. The summed E-state index contributed by atoms with van der Waals surface area (Å²) in [6, 6.07) is 15.9. The number of anilines is 3. The minimum absolute atomic E-state index is 0.530. The van der Waals surface area contributed by atoms with Crippen LogP contribution in [-0.4, -0.2) is 16.6 Å². The van der Waals surface area contributed by atoms with Crippen molar-refractivity contribution in [2.75, 3.05) is 17.7 Å². The van der Waals surface area contributed by atoms with Gasteiger partial charge in [-0.1, -0.05) is 29.5 Å². The molecule has 25 heavy (non-hydrogen) atoms. The highest BCUT2D eigenvalue weighted by Crippen LogP contribution is 2.34. The van der Waals surface area contributed by atoms with Gasteiger partial charge in [-0.3, -0.25) is 0 Å². The van der Waals surface area contributed by atoms with Crippen molar-refractivity contribution in [2.45, 2.75) is 23.8 Å². The van der Waals surface area contributed by atoms with Gasteiger partial charge in [0.1, 0.15) is 22.8 Å². The SMILES string of the molecule is CCOc1ccc(Nc2ncnc(Sc3ccc(C)cc3)c2N)cc1. The normalized spacial score (nSPS) is 10.5. The fourth-order valence-corrected chi connectivity index (χ4v) is 3.02. The van der Waals surface area contributed by atoms with Gasteiger partial charge in [0.05, 0.1) is 6.61 Å². The Morgan fingerprint density at radius 1 is 1.04 bits per heavy atom. The standard InChI is InChI=1S/C19H20N4OS/c1-3-24-15-8-6-14(7-9-15)23-18-17(20)19(22-12-21-18)25-16-10-4-13(2)5-11-16/h4-12H,3,20H2,1-2H3,(H,21,22,23). The zero-order valence-electron chi connectivity index (χ0n) is 14.2. The van der Waals surface area contributed by atoms with Crippen molar-refractivity contribution in [3.05, 3.63) is 60.4 Å². The summed E-state index contributed by atoms with van der Waals surface area (Å²) in [6.07, 6.45) is 1.52. The first-order chi connectivity index (χ1) is 12.2. The Hall–Kier alpha value is -2.73. The van der Waals surface area contributed by atoms with Gasteiger partial charge in [-0.05, 0) is 50.2 Å². The van der Waals surface area contributed by atoms with Gasteiger partial charge in [0.15, 0.2) is 5.82 Å². The molecule has 0 amide bonds. The number of hydrogen-bond donors (Lipinski definition) is 2. The average molecular weight is 352 g/mol. The lowest BCUT2D eigenvalue weighted by molar-refractivity contribution is 0.340. The lowest BCUT2D eigenvalue weighted by Crippen LogP contribution is -2.02. The van der Waals surface area contributed by atoms with E-state index in [9.17, 15) is 0 Å². The van der Waals surface area contributed by atoms with Gasteiger partial charge in [-0.25, -0.2) is 9.97 Å². The van der Waals surface area contributed by atoms with E-state index in [1.54, 1.807) is 0 Å². The van der Waals surface area contributed by atoms with Crippen LogP contribution in [0, 0.1) is 6.92 Å². The van der Waals surface area contributed by atoms with E-state index in [0.29, 0.717) is 18.1 Å². The summed E-state index contributed by atoms with van der Waals surface area (Å²) in [6.45, 7) is 4.67. The van der Waals surface area contributed by atoms with Gasteiger partial charge < -0.3 is 15.8 Å². The lowest BCUT2D eigenvalue weighted by Gasteiger charge is -2.11. The summed E-state index contributed by atoms with van der Waals surface area (Å²) < 4.78 is 5.45. The minimum Gasteiger partial charge on any atom is -0.494 e. The largest absolute Gasteiger partial charge is 0.494 e. The third-order valence-electron chi connectivity index (χ3n) is 3.51. The van der Waals surface area contributed by atoms with E-state index >= 15 is 0 Å². The second kappa shape index (κ2) is 7.90. The van der Waals surface area contributed by atoms with Crippen molar-refractivity contribution in [1.29, 1.82) is 0 Å². The van der Waals surface area contributed by atoms with Crippen molar-refractivity contribution in [2.24, 2.45) is 0 Å². The van der Waals surface area contributed by atoms with E-state index < -0.39 is 0 Å². The average Bonchev–Trinajstić information content (AvgIpc) is 2.62. The molecule has 0 aliphatic heterocycles. The van der Waals surface area contributed by atoms with Crippen molar-refractivity contribution in [3.63, 3.8) is 0 Å². The van der Waals surface area contributed by atoms with E-state index in [2.05, 4.69) is 46.5 Å². The molecule has 128 valence electrons. The van der Waals surface area contributed by atoms with Crippen LogP contribution < -0.4 is 15.8 Å². The smallest absolute Gasteiger partial charge is 0.158 e. The molecular weight excluding hydrogens is 332 g/mol. The molecule has 0 fully saturated rings. The van der Waals surface area contributed by atoms with E-state index in [0.717, 1.165) is 21.4 Å². The summed E-state index contributed by atoms with van der Waals surface area (Å²) in [4.78, 5) is 9.65. The minimum atomic E-state index is 0.530. The molecule has 0 spiro atoms. The number of aromatic nitrogens is 2. The maximum Gasteiger partial charge on any atom is 0.158 e. The molecule has 0 aliphatic carbocycles. The zero-order chi connectivity index (χ0) is 17.6. The van der Waals surface area contributed by atoms with E-state index in [4.69, 9.17) is 10.5 Å². The molecule has 1 aromatic heterocycles. The van der Waals surface area contributed by atoms with Gasteiger partial charge in [0.25, 0.3) is 0 Å². The monoisotopic (exact) mass is 352 g/mol. The van der Waals surface area contributed by atoms with E-state index in [1.165, 1.54) is 23.7 Å². The van der Waals surface area contributed by atoms with Crippen molar-refractivity contribution < 1.29 is 4.74 Å². The molecule has 2 aromatic carbocycles. The number of nitrogens with zero attached hydrogens (tertiary/aromatic N) is 2. The topological polar surface area (TPSA) is 73.1 Å². The van der Waals surface area contributed by atoms with Crippen LogP contribution in [-0.2, 0) is 0 Å². The predicted octanol–water partition coefficient (Wildman–Crippen LogP) is 4.66. The van der Waals surface area contributed by atoms with E-state index in [1.807, 2.05) is 31.2 Å². The second-order valence-corrected chi connectivity index (χ2v) is 6.50. The van der Waals surface area contributed by atoms with Crippen LogP contribution in [0.2, 0.25) is 0 Å². The molecule has 3 N–H and O–H groups in total. The summed E-state index contributed by atoms with van der Waals surface area (Å²) >= 11 is 1.52. The Morgan fingerprint density at radius 3 is 2.44 bits per heavy atom. The molecule has 3 rings (SSSR count). The zero-order valence-corrected chi connectivity index (χ0v) is 15.0. The maximum absolute atomic E-state index is 6.25. The highest BCUT2D eigenvalue weighted by Gasteiger charge is 2.10. The van der Waals surface area contributed by atoms with Crippen LogP contribution in [0.25, 0.3) is 0 Å². The number of rotatable bonds is 6. The molecule has 0 bridgehead atoms. The molecule has 1 heterocycles. The fourth-order valence-electron chi connectivity index (χ4n) is 2.22. The van der Waals surface area contributed by atoms with Gasteiger partial charge in [-0.2, -0.15) is 0 Å². The number of nitrogen functional groups attached to an aromatic ring is 1. The summed E-state index contributed by atoms with van der Waals surface area (Å²) in [5.74, 6) is 1.42. The Kier molecular flexibility index (Phi) is 5.40. The third-order valence-corrected chi connectivity index (χ3v) is 4.54. The quantitative estimate of drug-likeness (QED) is 0.629. The molecule has 0 saturated heterocycles. The summed E-state index contributed by atoms with van der Waals surface area (Å²) in [7, 11) is 0. The number of benzene rings is 2. The molecule has 3 aromatic rings. The van der Waals surface area contributed by atoms with Gasteiger partial charge in [0.2, 0.25) is 0 Å². The lowest BCUT2D eigenvalue weighted by atomic mass is 10.2. The second-order valence-electron chi connectivity index (χ2n) is 5.44. The van der Waals surface area contributed by atoms with Gasteiger partial charge in [0, 0.05) is 10.6 Å². The molecule has 5 nitrogen and oxygen atoms in total. The summed E-state index contributed by atoms with van der Waals surface area (Å²) in [5, 5.41) is 3.96. The number of nitrogens with one attached hydrogen (secondary N) is 1. The first kappa shape index (κ1) is 17.1. The van der Waals surface area contributed by atoms with Crippen LogP contribution in [0.15, 0.2) is 64.8 Å². The highest BCUT2D eigenvalue weighted by molar-refractivity contribution is 7.99. The Labute approximate surface area is 151 Å². The van der Waals surface area contributed by atoms with Crippen LogP contribution >= 0.6 is 11.8 Å². The molecule has 0 radical (unpaired) electrons. The number of hydrogen-bond acceptors (Lipinski definition) is 6. The maximum atomic E-state index is 6.25. The van der Waals surface area contributed by atoms with Gasteiger partial charge >= 0.3 is 0 Å². The van der Waals surface area contributed by atoms with Crippen LogP contribution in [0.3, 0.4) is 0 Å². The molecule has 0 atom stereocenters. The molecule has 0 unspecified atom stereocenters. The van der Waals surface area contributed by atoms with Crippen molar-refractivity contribution in [3.8, 4) is 5.75 Å². The van der Waals surface area contributed by atoms with Crippen LogP contribution in [0.5, 0.6) is 5.75 Å². The highest BCUT2D eigenvalue weighted by atomic mass is 32.2. The van der Waals surface area contributed by atoms with Crippen molar-refractivity contribution in [1.82, 2.24) is 9.97 Å². The first-order valence-electron chi connectivity index (χ1n) is 8.00. The first-order valence-corrected chi connectivity index (χ1v) is 8.82. The summed E-state index contributed by atoms with van der Waals surface area (Å²) in [5.41, 5.74) is 8.89.